The van der Waals surface area contributed by atoms with Crippen LogP contribution in [0.5, 0.6) is 0 Å². The number of amides is 2. The molecule has 0 radical (unpaired) electrons. The summed E-state index contributed by atoms with van der Waals surface area (Å²) in [6.07, 6.45) is 6.64. The summed E-state index contributed by atoms with van der Waals surface area (Å²) in [4.78, 5) is 26.7. The number of nitrogens with zero attached hydrogens (tertiary/aromatic N) is 1. The van der Waals surface area contributed by atoms with Crippen molar-refractivity contribution in [3.05, 3.63) is 45.8 Å². The van der Waals surface area contributed by atoms with E-state index in [0.717, 1.165) is 55.4 Å². The Morgan fingerprint density at radius 3 is 2.44 bits per heavy atom. The molecule has 172 valence electrons. The second kappa shape index (κ2) is 9.33. The molecule has 1 fully saturated rings. The average molecular weight is 476 g/mol. The third-order valence-corrected chi connectivity index (χ3v) is 9.55. The molecule has 7 nitrogen and oxygen atoms in total. The Morgan fingerprint density at radius 1 is 1.03 bits per heavy atom. The number of benzene rings is 1. The zero-order valence-corrected chi connectivity index (χ0v) is 20.1. The van der Waals surface area contributed by atoms with Gasteiger partial charge in [-0.3, -0.25) is 9.59 Å². The van der Waals surface area contributed by atoms with Crippen LogP contribution in [0.2, 0.25) is 0 Å². The van der Waals surface area contributed by atoms with Crippen molar-refractivity contribution in [2.75, 3.05) is 18.9 Å². The molecule has 2 heterocycles. The first kappa shape index (κ1) is 22.9. The molecule has 1 aliphatic carbocycles. The number of anilines is 1. The van der Waals surface area contributed by atoms with E-state index in [4.69, 9.17) is 0 Å². The standard InChI is InChI=1S/C23H29N3O4S2/c1-15-7-5-6-14-26(15)32(29,30)17-12-10-16(11-13-17)21(27)25-23-20(22(28)24-2)18-8-3-4-9-19(18)31-23/h10-13,15H,3-9,14H2,1-2H3,(H,24,28)(H,25,27)/t15-/m0/s1. The molecule has 9 heteroatoms. The van der Waals surface area contributed by atoms with Crippen LogP contribution in [0, 0.1) is 0 Å². The molecule has 0 spiro atoms. The molecule has 2 amide bonds. The number of sulfonamides is 1. The molecule has 0 saturated carbocycles. The second-order valence-electron chi connectivity index (χ2n) is 8.43. The molecule has 2 aromatic rings. The zero-order valence-electron chi connectivity index (χ0n) is 18.4. The Bertz CT molecular complexity index is 1120. The first-order valence-electron chi connectivity index (χ1n) is 11.1. The van der Waals surface area contributed by atoms with Crippen molar-refractivity contribution >= 4 is 38.2 Å². The van der Waals surface area contributed by atoms with Gasteiger partial charge in [0.25, 0.3) is 11.8 Å². The largest absolute Gasteiger partial charge is 0.355 e. The highest BCUT2D eigenvalue weighted by atomic mass is 32.2. The SMILES string of the molecule is CNC(=O)c1c(NC(=O)c2ccc(S(=O)(=O)N3CCCC[C@@H]3C)cc2)sc2c1CCCC2. The predicted octanol–water partition coefficient (Wildman–Crippen LogP) is 3.80. The van der Waals surface area contributed by atoms with Crippen molar-refractivity contribution in [1.29, 1.82) is 0 Å². The van der Waals surface area contributed by atoms with Gasteiger partial charge in [0.05, 0.1) is 10.5 Å². The van der Waals surface area contributed by atoms with Crippen molar-refractivity contribution in [1.82, 2.24) is 9.62 Å². The lowest BCUT2D eigenvalue weighted by Gasteiger charge is -2.32. The summed E-state index contributed by atoms with van der Waals surface area (Å²) < 4.78 is 27.6. The third-order valence-electron chi connectivity index (χ3n) is 6.32. The molecule has 32 heavy (non-hydrogen) atoms. The van der Waals surface area contributed by atoms with Gasteiger partial charge in [-0.1, -0.05) is 6.42 Å². The van der Waals surface area contributed by atoms with E-state index in [2.05, 4.69) is 10.6 Å². The molecule has 2 N–H and O–H groups in total. The summed E-state index contributed by atoms with van der Waals surface area (Å²) in [5, 5.41) is 6.12. The molecular formula is C23H29N3O4S2. The number of thiophene rings is 1. The molecule has 1 atom stereocenters. The molecule has 0 bridgehead atoms. The van der Waals surface area contributed by atoms with Crippen molar-refractivity contribution in [3.8, 4) is 0 Å². The summed E-state index contributed by atoms with van der Waals surface area (Å²) in [6, 6.07) is 6.02. The topological polar surface area (TPSA) is 95.6 Å². The third kappa shape index (κ3) is 4.33. The van der Waals surface area contributed by atoms with Gasteiger partial charge in [-0.25, -0.2) is 8.42 Å². The van der Waals surface area contributed by atoms with E-state index in [1.807, 2.05) is 6.92 Å². The van der Waals surface area contributed by atoms with E-state index in [1.54, 1.807) is 11.4 Å². The van der Waals surface area contributed by atoms with Crippen LogP contribution in [0.1, 0.15) is 70.2 Å². The fourth-order valence-electron chi connectivity index (χ4n) is 4.54. The van der Waals surface area contributed by atoms with Crippen LogP contribution in [0.15, 0.2) is 29.2 Å². The fourth-order valence-corrected chi connectivity index (χ4v) is 7.52. The Labute approximate surface area is 193 Å². The highest BCUT2D eigenvalue weighted by molar-refractivity contribution is 7.89. The lowest BCUT2D eigenvalue weighted by atomic mass is 9.95. The van der Waals surface area contributed by atoms with Crippen LogP contribution in [0.25, 0.3) is 0 Å². The van der Waals surface area contributed by atoms with E-state index < -0.39 is 10.0 Å². The Kier molecular flexibility index (Phi) is 6.69. The molecule has 4 rings (SSSR count). The van der Waals surface area contributed by atoms with Crippen molar-refractivity contribution in [3.63, 3.8) is 0 Å². The number of fused-ring (bicyclic) bond motifs is 1. The lowest BCUT2D eigenvalue weighted by molar-refractivity contribution is 0.0963. The number of hydrogen-bond donors (Lipinski definition) is 2. The van der Waals surface area contributed by atoms with E-state index in [9.17, 15) is 18.0 Å². The molecule has 2 aliphatic rings. The molecule has 1 aliphatic heterocycles. The molecule has 1 saturated heterocycles. The first-order valence-corrected chi connectivity index (χ1v) is 13.4. The molecular weight excluding hydrogens is 446 g/mol. The summed E-state index contributed by atoms with van der Waals surface area (Å²) >= 11 is 1.46. The van der Waals surface area contributed by atoms with E-state index >= 15 is 0 Å². The number of carbonyl (C=O) groups is 2. The zero-order chi connectivity index (χ0) is 22.9. The average Bonchev–Trinajstić information content (AvgIpc) is 3.16. The van der Waals surface area contributed by atoms with Crippen LogP contribution in [-0.2, 0) is 22.9 Å². The first-order chi connectivity index (χ1) is 15.3. The molecule has 1 aromatic carbocycles. The van der Waals surface area contributed by atoms with Crippen molar-refractivity contribution < 1.29 is 18.0 Å². The highest BCUT2D eigenvalue weighted by Gasteiger charge is 2.31. The normalized spacial score (nSPS) is 19.2. The smallest absolute Gasteiger partial charge is 0.256 e. The van der Waals surface area contributed by atoms with Gasteiger partial charge in [-0.05, 0) is 75.3 Å². The Morgan fingerprint density at radius 2 is 1.75 bits per heavy atom. The van der Waals surface area contributed by atoms with Crippen molar-refractivity contribution in [2.45, 2.75) is 62.8 Å². The van der Waals surface area contributed by atoms with Gasteiger partial charge < -0.3 is 10.6 Å². The van der Waals surface area contributed by atoms with E-state index in [-0.39, 0.29) is 22.8 Å². The van der Waals surface area contributed by atoms with Crippen LogP contribution < -0.4 is 10.6 Å². The molecule has 1 aromatic heterocycles. The lowest BCUT2D eigenvalue weighted by Crippen LogP contribution is -2.41. The summed E-state index contributed by atoms with van der Waals surface area (Å²) in [6.45, 7) is 2.46. The maximum Gasteiger partial charge on any atom is 0.256 e. The maximum absolute atomic E-state index is 13.0. The summed E-state index contributed by atoms with van der Waals surface area (Å²) in [5.74, 6) is -0.555. The van der Waals surface area contributed by atoms with Crippen LogP contribution in [0.4, 0.5) is 5.00 Å². The monoisotopic (exact) mass is 475 g/mol. The second-order valence-corrected chi connectivity index (χ2v) is 11.4. The number of hydrogen-bond acceptors (Lipinski definition) is 5. The van der Waals surface area contributed by atoms with Gasteiger partial charge in [-0.2, -0.15) is 4.31 Å². The van der Waals surface area contributed by atoms with Crippen molar-refractivity contribution in [2.24, 2.45) is 0 Å². The predicted molar refractivity (Wildman–Crippen MR) is 126 cm³/mol. The van der Waals surface area contributed by atoms with Gasteiger partial charge in [0.2, 0.25) is 10.0 Å². The summed E-state index contributed by atoms with van der Waals surface area (Å²) in [7, 11) is -2.00. The van der Waals surface area contributed by atoms with Gasteiger partial charge in [0, 0.05) is 30.1 Å². The number of carbonyl (C=O) groups excluding carboxylic acids is 2. The quantitative estimate of drug-likeness (QED) is 0.688. The van der Waals surface area contributed by atoms with E-state index in [0.29, 0.717) is 22.7 Å². The van der Waals surface area contributed by atoms with Gasteiger partial charge in [-0.15, -0.1) is 11.3 Å². The van der Waals surface area contributed by atoms with Crippen LogP contribution >= 0.6 is 11.3 Å². The minimum Gasteiger partial charge on any atom is -0.355 e. The van der Waals surface area contributed by atoms with Gasteiger partial charge in [0.1, 0.15) is 5.00 Å². The maximum atomic E-state index is 13.0. The van der Waals surface area contributed by atoms with E-state index in [1.165, 1.54) is 35.6 Å². The highest BCUT2D eigenvalue weighted by Crippen LogP contribution is 2.38. The van der Waals surface area contributed by atoms with Crippen LogP contribution in [-0.4, -0.2) is 44.2 Å². The number of piperidine rings is 1. The number of rotatable bonds is 5. The summed E-state index contributed by atoms with van der Waals surface area (Å²) in [5.41, 5.74) is 1.94. The minimum absolute atomic E-state index is 0.0234. The fraction of sp³-hybridized carbons (Fsp3) is 0.478. The van der Waals surface area contributed by atoms with Gasteiger partial charge in [0.15, 0.2) is 0 Å². The number of aryl methyl sites for hydroxylation is 1. The number of nitrogens with one attached hydrogen (secondary N) is 2. The van der Waals surface area contributed by atoms with Gasteiger partial charge >= 0.3 is 0 Å². The Hall–Kier alpha value is -2.23. The molecule has 0 unspecified atom stereocenters. The Balaban J connectivity index is 1.55. The minimum atomic E-state index is -3.59. The van der Waals surface area contributed by atoms with Crippen LogP contribution in [0.3, 0.4) is 0 Å².